The van der Waals surface area contributed by atoms with Crippen molar-refractivity contribution in [3.63, 3.8) is 0 Å². The number of ketones is 1. The average Bonchev–Trinajstić information content (AvgIpc) is 3.51. The van der Waals surface area contributed by atoms with E-state index in [2.05, 4.69) is 0 Å². The fourth-order valence-corrected chi connectivity index (χ4v) is 6.64. The first kappa shape index (κ1) is 28.4. The highest BCUT2D eigenvalue weighted by Crippen LogP contribution is 2.51. The van der Waals surface area contributed by atoms with E-state index in [1.165, 1.54) is 61.8 Å². The number of thiophene rings is 1. The minimum atomic E-state index is -1.08. The molecule has 214 valence electrons. The molecule has 1 amide bonds. The summed E-state index contributed by atoms with van der Waals surface area (Å²) in [5, 5.41) is 1.88. The molecule has 0 saturated carbocycles. The fraction of sp³-hybridized carbons (Fsp3) is 0.323. The van der Waals surface area contributed by atoms with Gasteiger partial charge in [0.2, 0.25) is 11.7 Å². The Balaban J connectivity index is 1.75. The van der Waals surface area contributed by atoms with E-state index in [9.17, 15) is 18.8 Å². The van der Waals surface area contributed by atoms with E-state index in [4.69, 9.17) is 18.9 Å². The van der Waals surface area contributed by atoms with Gasteiger partial charge in [-0.2, -0.15) is 0 Å². The van der Waals surface area contributed by atoms with Gasteiger partial charge < -0.3 is 18.9 Å². The minimum absolute atomic E-state index is 0.0696. The molecule has 1 aliphatic heterocycles. The Morgan fingerprint density at radius 3 is 2.24 bits per heavy atom. The zero-order chi connectivity index (χ0) is 29.3. The third-order valence-electron chi connectivity index (χ3n) is 7.54. The summed E-state index contributed by atoms with van der Waals surface area (Å²) in [5.41, 5.74) is 1.87. The number of allylic oxidation sites excluding steroid dienone is 2. The number of halogens is 1. The van der Waals surface area contributed by atoms with Crippen LogP contribution in [-0.4, -0.2) is 45.6 Å². The number of Topliss-reactive ketones (excluding diaryl/α,β-unsaturated/α-hetero) is 1. The number of anilines is 1. The second kappa shape index (κ2) is 11.7. The molecule has 0 N–H and O–H groups in total. The normalized spacial score (nSPS) is 20.5. The molecule has 1 aliphatic carbocycles. The molecule has 41 heavy (non-hydrogen) atoms. The zero-order valence-electron chi connectivity index (χ0n) is 23.1. The first-order valence-electron chi connectivity index (χ1n) is 13.2. The maximum Gasteiger partial charge on any atom is 0.317 e. The van der Waals surface area contributed by atoms with Crippen LogP contribution in [0.2, 0.25) is 0 Å². The van der Waals surface area contributed by atoms with E-state index < -0.39 is 35.3 Å². The van der Waals surface area contributed by atoms with Crippen molar-refractivity contribution in [3.8, 4) is 17.2 Å². The second-order valence-electron chi connectivity index (χ2n) is 9.70. The van der Waals surface area contributed by atoms with E-state index >= 15 is 0 Å². The largest absolute Gasteiger partial charge is 0.493 e. The molecule has 3 atom stereocenters. The predicted molar refractivity (Wildman–Crippen MR) is 151 cm³/mol. The zero-order valence-corrected chi connectivity index (χ0v) is 24.0. The quantitative estimate of drug-likeness (QED) is 0.253. The molecule has 0 spiro atoms. The van der Waals surface area contributed by atoms with Gasteiger partial charge in [-0.25, -0.2) is 4.39 Å². The predicted octanol–water partition coefficient (Wildman–Crippen LogP) is 5.62. The van der Waals surface area contributed by atoms with Crippen LogP contribution in [0, 0.1) is 11.7 Å². The second-order valence-corrected chi connectivity index (χ2v) is 10.7. The van der Waals surface area contributed by atoms with Crippen molar-refractivity contribution in [2.24, 2.45) is 5.92 Å². The monoisotopic (exact) mass is 579 g/mol. The average molecular weight is 580 g/mol. The van der Waals surface area contributed by atoms with Crippen LogP contribution in [0.25, 0.3) is 0 Å². The number of ether oxygens (including phenoxy) is 4. The summed E-state index contributed by atoms with van der Waals surface area (Å²) in [6, 6.07) is 12.8. The highest BCUT2D eigenvalue weighted by atomic mass is 32.1. The van der Waals surface area contributed by atoms with Crippen molar-refractivity contribution in [1.82, 2.24) is 0 Å². The Kier molecular flexibility index (Phi) is 8.12. The van der Waals surface area contributed by atoms with Gasteiger partial charge in [-0.15, -0.1) is 11.3 Å². The number of hydrogen-bond donors (Lipinski definition) is 0. The number of rotatable bonds is 8. The van der Waals surface area contributed by atoms with Gasteiger partial charge in [0, 0.05) is 40.1 Å². The Bertz CT molecular complexity index is 1470. The Hall–Kier alpha value is -4.18. The standard InChI is InChI=1S/C31H30FNO7S/c1-5-40-31(36)28-21(25-7-6-12-41-25)15-22-27(29(28)35)20(16-26(34)33(22)19-10-8-18(32)9-11-19)17-13-23(37-2)30(39-4)24(14-17)38-3/h6-14,20-21,28H,5,15-16H2,1-4H3/t20-,21-,28-/m0/s1. The lowest BCUT2D eigenvalue weighted by Gasteiger charge is -2.42. The summed E-state index contributed by atoms with van der Waals surface area (Å²) < 4.78 is 35.8. The van der Waals surface area contributed by atoms with Gasteiger partial charge in [0.15, 0.2) is 17.3 Å². The molecule has 8 nitrogen and oxygen atoms in total. The number of carbonyl (C=O) groups excluding carboxylic acids is 3. The minimum Gasteiger partial charge on any atom is -0.493 e. The lowest BCUT2D eigenvalue weighted by atomic mass is 9.69. The van der Waals surface area contributed by atoms with Crippen LogP contribution in [0.15, 0.2) is 65.2 Å². The molecule has 0 radical (unpaired) electrons. The summed E-state index contributed by atoms with van der Waals surface area (Å²) in [7, 11) is 4.47. The lowest BCUT2D eigenvalue weighted by Crippen LogP contribution is -2.46. The third-order valence-corrected chi connectivity index (χ3v) is 8.55. The molecule has 2 heterocycles. The summed E-state index contributed by atoms with van der Waals surface area (Å²) >= 11 is 1.44. The van der Waals surface area contributed by atoms with Crippen molar-refractivity contribution < 1.29 is 37.7 Å². The van der Waals surface area contributed by atoms with Crippen LogP contribution in [0.1, 0.15) is 42.0 Å². The number of benzene rings is 2. The molecule has 5 rings (SSSR count). The van der Waals surface area contributed by atoms with E-state index in [0.717, 1.165) is 4.88 Å². The van der Waals surface area contributed by atoms with E-state index in [1.54, 1.807) is 19.1 Å². The maximum atomic E-state index is 14.5. The van der Waals surface area contributed by atoms with Gasteiger partial charge >= 0.3 is 5.97 Å². The summed E-state index contributed by atoms with van der Waals surface area (Å²) in [6.07, 6.45) is 0.162. The van der Waals surface area contributed by atoms with Crippen LogP contribution < -0.4 is 19.1 Å². The number of amides is 1. The number of carbonyl (C=O) groups is 3. The Morgan fingerprint density at radius 2 is 1.68 bits per heavy atom. The van der Waals surface area contributed by atoms with Crippen molar-refractivity contribution in [3.05, 3.63) is 81.4 Å². The highest BCUT2D eigenvalue weighted by molar-refractivity contribution is 7.10. The van der Waals surface area contributed by atoms with Crippen molar-refractivity contribution >= 4 is 34.7 Å². The molecule has 3 aromatic rings. The number of nitrogens with zero attached hydrogens (tertiary/aromatic N) is 1. The Labute approximate surface area is 241 Å². The van der Waals surface area contributed by atoms with Gasteiger partial charge in [-0.1, -0.05) is 6.07 Å². The van der Waals surface area contributed by atoms with Crippen molar-refractivity contribution in [1.29, 1.82) is 0 Å². The molecular weight excluding hydrogens is 549 g/mol. The summed E-state index contributed by atoms with van der Waals surface area (Å²) in [4.78, 5) is 44.0. The van der Waals surface area contributed by atoms with Gasteiger partial charge in [-0.3, -0.25) is 19.3 Å². The number of hydrogen-bond acceptors (Lipinski definition) is 8. The molecule has 0 fully saturated rings. The SMILES string of the molecule is CCOC(=O)[C@@H]1C(=O)C2=C(C[C@H]1c1cccs1)N(c1ccc(F)cc1)C(=O)C[C@H]2c1cc(OC)c(OC)c(OC)c1. The van der Waals surface area contributed by atoms with Crippen LogP contribution in [0.4, 0.5) is 10.1 Å². The number of esters is 1. The van der Waals surface area contributed by atoms with E-state index in [0.29, 0.717) is 39.8 Å². The molecule has 0 bridgehead atoms. The lowest BCUT2D eigenvalue weighted by molar-refractivity contribution is -0.152. The molecule has 2 aliphatic rings. The number of methoxy groups -OCH3 is 3. The smallest absolute Gasteiger partial charge is 0.317 e. The maximum absolute atomic E-state index is 14.5. The van der Waals surface area contributed by atoms with Gasteiger partial charge in [-0.05, 0) is 66.8 Å². The van der Waals surface area contributed by atoms with Gasteiger partial charge in [0.25, 0.3) is 0 Å². The molecule has 2 aromatic carbocycles. The summed E-state index contributed by atoms with van der Waals surface area (Å²) in [6.45, 7) is 1.83. The van der Waals surface area contributed by atoms with Gasteiger partial charge in [0.1, 0.15) is 11.7 Å². The van der Waals surface area contributed by atoms with Crippen LogP contribution in [0.5, 0.6) is 17.2 Å². The van der Waals surface area contributed by atoms with Crippen LogP contribution >= 0.6 is 11.3 Å². The molecule has 1 aromatic heterocycles. The van der Waals surface area contributed by atoms with E-state index in [1.807, 2.05) is 17.5 Å². The third kappa shape index (κ3) is 5.08. The highest BCUT2D eigenvalue weighted by Gasteiger charge is 2.50. The molecule has 0 saturated heterocycles. The van der Waals surface area contributed by atoms with Crippen LogP contribution in [-0.2, 0) is 19.1 Å². The first-order chi connectivity index (χ1) is 19.8. The fourth-order valence-electron chi connectivity index (χ4n) is 5.78. The van der Waals surface area contributed by atoms with Gasteiger partial charge in [0.05, 0.1) is 27.9 Å². The Morgan fingerprint density at radius 1 is 1.00 bits per heavy atom. The van der Waals surface area contributed by atoms with Crippen molar-refractivity contribution in [2.45, 2.75) is 31.6 Å². The topological polar surface area (TPSA) is 91.4 Å². The molecule has 10 heteroatoms. The first-order valence-corrected chi connectivity index (χ1v) is 14.1. The summed E-state index contributed by atoms with van der Waals surface area (Å²) in [5.74, 6) is -2.90. The van der Waals surface area contributed by atoms with Crippen molar-refractivity contribution in [2.75, 3.05) is 32.8 Å². The molecular formula is C31H30FNO7S. The van der Waals surface area contributed by atoms with E-state index in [-0.39, 0.29) is 25.4 Å². The van der Waals surface area contributed by atoms with Crippen LogP contribution in [0.3, 0.4) is 0 Å². The molecule has 0 unspecified atom stereocenters.